The Labute approximate surface area is 145 Å². The molecule has 1 saturated heterocycles. The molecule has 1 aromatic carbocycles. The molecule has 0 N–H and O–H groups in total. The maximum atomic E-state index is 14.2. The lowest BCUT2D eigenvalue weighted by atomic mass is 10.2. The Morgan fingerprint density at radius 2 is 1.96 bits per heavy atom. The lowest BCUT2D eigenvalue weighted by Gasteiger charge is -2.35. The van der Waals surface area contributed by atoms with Crippen LogP contribution in [0.2, 0.25) is 0 Å². The van der Waals surface area contributed by atoms with E-state index in [-0.39, 0.29) is 5.82 Å². The van der Waals surface area contributed by atoms with E-state index in [0.29, 0.717) is 11.3 Å². The smallest absolute Gasteiger partial charge is 0.147 e. The molecule has 2 aromatic heterocycles. The number of anilines is 1. The van der Waals surface area contributed by atoms with Gasteiger partial charge in [-0.25, -0.2) is 9.37 Å². The average Bonchev–Trinajstić information content (AvgIpc) is 3.04. The largest absolute Gasteiger partial charge is 0.367 e. The summed E-state index contributed by atoms with van der Waals surface area (Å²) >= 11 is 0. The summed E-state index contributed by atoms with van der Waals surface area (Å²) in [7, 11) is 0. The normalized spacial score (nSPS) is 15.4. The van der Waals surface area contributed by atoms with Crippen LogP contribution in [-0.4, -0.2) is 40.5 Å². The number of rotatable bonds is 3. The summed E-state index contributed by atoms with van der Waals surface area (Å²) in [6.07, 6.45) is 4.05. The van der Waals surface area contributed by atoms with E-state index in [4.69, 9.17) is 5.26 Å². The number of hydrogen-bond acceptors (Lipinski definition) is 4. The van der Waals surface area contributed by atoms with Gasteiger partial charge in [0, 0.05) is 45.1 Å². The van der Waals surface area contributed by atoms with Gasteiger partial charge >= 0.3 is 0 Å². The molecule has 0 unspecified atom stereocenters. The van der Waals surface area contributed by atoms with Crippen LogP contribution >= 0.6 is 0 Å². The number of nitrogens with zero attached hydrogens (tertiary/aromatic N) is 5. The maximum absolute atomic E-state index is 14.2. The van der Waals surface area contributed by atoms with Crippen molar-refractivity contribution in [1.29, 1.82) is 5.26 Å². The van der Waals surface area contributed by atoms with Gasteiger partial charge in [0.2, 0.25) is 0 Å². The molecule has 0 saturated carbocycles. The minimum absolute atomic E-state index is 0.326. The summed E-state index contributed by atoms with van der Waals surface area (Å²) in [6, 6.07) is 12.6. The van der Waals surface area contributed by atoms with Gasteiger partial charge in [-0.1, -0.05) is 6.07 Å². The molecule has 3 aromatic rings. The van der Waals surface area contributed by atoms with Gasteiger partial charge in [0.25, 0.3) is 0 Å². The molecule has 3 heterocycles. The highest BCUT2D eigenvalue weighted by Gasteiger charge is 2.20. The van der Waals surface area contributed by atoms with Crippen molar-refractivity contribution in [3.63, 3.8) is 0 Å². The van der Waals surface area contributed by atoms with Crippen LogP contribution < -0.4 is 4.90 Å². The molecule has 5 nitrogen and oxygen atoms in total. The zero-order chi connectivity index (χ0) is 17.2. The van der Waals surface area contributed by atoms with E-state index >= 15 is 0 Å². The summed E-state index contributed by atoms with van der Waals surface area (Å²) in [5.41, 5.74) is 2.93. The molecule has 0 radical (unpaired) electrons. The second-order valence-electron chi connectivity index (χ2n) is 6.24. The van der Waals surface area contributed by atoms with Gasteiger partial charge in [0.1, 0.15) is 11.5 Å². The van der Waals surface area contributed by atoms with Crippen LogP contribution in [0.1, 0.15) is 11.3 Å². The molecule has 4 rings (SSSR count). The number of nitriles is 1. The number of benzene rings is 1. The standard InChI is InChI=1S/C19H18FN5/c20-17-11-15(12-21)4-5-18(17)24-9-7-23(8-10-24)13-16-14-25-6-2-1-3-19(25)22-16/h1-6,11,14H,7-10,13H2. The first kappa shape index (κ1) is 15.6. The van der Waals surface area contributed by atoms with Crippen molar-refractivity contribution >= 4 is 11.3 Å². The van der Waals surface area contributed by atoms with Gasteiger partial charge in [0.15, 0.2) is 0 Å². The van der Waals surface area contributed by atoms with Gasteiger partial charge in [-0.05, 0) is 30.3 Å². The van der Waals surface area contributed by atoms with E-state index in [0.717, 1.165) is 44.1 Å². The minimum atomic E-state index is -0.326. The van der Waals surface area contributed by atoms with Crippen molar-refractivity contribution < 1.29 is 4.39 Å². The van der Waals surface area contributed by atoms with Gasteiger partial charge < -0.3 is 9.30 Å². The van der Waals surface area contributed by atoms with Gasteiger partial charge in [0.05, 0.1) is 23.0 Å². The molecule has 0 bridgehead atoms. The predicted molar refractivity (Wildman–Crippen MR) is 93.8 cm³/mol. The number of hydrogen-bond donors (Lipinski definition) is 0. The number of halogens is 1. The lowest BCUT2D eigenvalue weighted by Crippen LogP contribution is -2.46. The van der Waals surface area contributed by atoms with Crippen molar-refractivity contribution in [2.45, 2.75) is 6.54 Å². The lowest BCUT2D eigenvalue weighted by molar-refractivity contribution is 0.247. The Kier molecular flexibility index (Phi) is 4.08. The molecule has 0 aliphatic carbocycles. The van der Waals surface area contributed by atoms with Crippen LogP contribution in [0.25, 0.3) is 5.65 Å². The average molecular weight is 335 g/mol. The van der Waals surface area contributed by atoms with Crippen molar-refractivity contribution in [3.8, 4) is 6.07 Å². The third-order valence-electron chi connectivity index (χ3n) is 4.59. The molecule has 6 heteroatoms. The molecule has 1 aliphatic rings. The third kappa shape index (κ3) is 3.19. The second-order valence-corrected chi connectivity index (χ2v) is 6.24. The van der Waals surface area contributed by atoms with E-state index < -0.39 is 0 Å². The van der Waals surface area contributed by atoms with Crippen LogP contribution in [0.3, 0.4) is 0 Å². The SMILES string of the molecule is N#Cc1ccc(N2CCN(Cc3cn4ccccc4n3)CC2)c(F)c1. The van der Waals surface area contributed by atoms with Crippen LogP contribution in [0.4, 0.5) is 10.1 Å². The van der Waals surface area contributed by atoms with Crippen LogP contribution in [0.5, 0.6) is 0 Å². The second kappa shape index (κ2) is 6.54. The highest BCUT2D eigenvalue weighted by atomic mass is 19.1. The Balaban J connectivity index is 1.40. The quantitative estimate of drug-likeness (QED) is 0.738. The zero-order valence-electron chi connectivity index (χ0n) is 13.8. The molecule has 1 fully saturated rings. The van der Waals surface area contributed by atoms with E-state index in [1.807, 2.05) is 39.8 Å². The molecule has 0 atom stereocenters. The van der Waals surface area contributed by atoms with Crippen molar-refractivity contribution in [2.24, 2.45) is 0 Å². The number of fused-ring (bicyclic) bond motifs is 1. The van der Waals surface area contributed by atoms with Crippen LogP contribution in [0.15, 0.2) is 48.8 Å². The Morgan fingerprint density at radius 3 is 2.68 bits per heavy atom. The molecule has 126 valence electrons. The summed E-state index contributed by atoms with van der Waals surface area (Å²) in [5, 5.41) is 8.85. The van der Waals surface area contributed by atoms with Crippen LogP contribution in [-0.2, 0) is 6.54 Å². The minimum Gasteiger partial charge on any atom is -0.367 e. The fourth-order valence-electron chi connectivity index (χ4n) is 3.27. The number of pyridine rings is 1. The van der Waals surface area contributed by atoms with Crippen molar-refractivity contribution in [2.75, 3.05) is 31.1 Å². The van der Waals surface area contributed by atoms with E-state index in [1.165, 1.54) is 6.07 Å². The Bertz CT molecular complexity index is 901. The highest BCUT2D eigenvalue weighted by Crippen LogP contribution is 2.22. The molecule has 25 heavy (non-hydrogen) atoms. The van der Waals surface area contributed by atoms with Gasteiger partial charge in [-0.15, -0.1) is 0 Å². The topological polar surface area (TPSA) is 47.6 Å². The Morgan fingerprint density at radius 1 is 1.12 bits per heavy atom. The van der Waals surface area contributed by atoms with Crippen molar-refractivity contribution in [1.82, 2.24) is 14.3 Å². The summed E-state index contributed by atoms with van der Waals surface area (Å²) in [4.78, 5) is 9.01. The number of piperazine rings is 1. The molecular weight excluding hydrogens is 317 g/mol. The molecular formula is C19H18FN5. The first-order valence-corrected chi connectivity index (χ1v) is 8.32. The molecule has 1 aliphatic heterocycles. The predicted octanol–water partition coefficient (Wildman–Crippen LogP) is 2.67. The van der Waals surface area contributed by atoms with E-state index in [9.17, 15) is 4.39 Å². The molecule has 0 amide bonds. The summed E-state index contributed by atoms with van der Waals surface area (Å²) in [5.74, 6) is -0.326. The van der Waals surface area contributed by atoms with Gasteiger partial charge in [-0.2, -0.15) is 5.26 Å². The maximum Gasteiger partial charge on any atom is 0.147 e. The van der Waals surface area contributed by atoms with Crippen LogP contribution in [0, 0.1) is 17.1 Å². The number of imidazole rings is 1. The zero-order valence-corrected chi connectivity index (χ0v) is 13.8. The van der Waals surface area contributed by atoms with Gasteiger partial charge in [-0.3, -0.25) is 4.90 Å². The fourth-order valence-corrected chi connectivity index (χ4v) is 3.27. The fraction of sp³-hybridized carbons (Fsp3) is 0.263. The van der Waals surface area contributed by atoms with E-state index in [2.05, 4.69) is 16.1 Å². The first-order valence-electron chi connectivity index (χ1n) is 8.32. The third-order valence-corrected chi connectivity index (χ3v) is 4.59. The molecule has 0 spiro atoms. The summed E-state index contributed by atoms with van der Waals surface area (Å²) < 4.78 is 16.2. The van der Waals surface area contributed by atoms with Crippen molar-refractivity contribution in [3.05, 3.63) is 65.9 Å². The monoisotopic (exact) mass is 335 g/mol. The Hall–Kier alpha value is -2.91. The highest BCUT2D eigenvalue weighted by molar-refractivity contribution is 5.51. The first-order chi connectivity index (χ1) is 12.2. The number of aromatic nitrogens is 2. The van der Waals surface area contributed by atoms with E-state index in [1.54, 1.807) is 12.1 Å². The summed E-state index contributed by atoms with van der Waals surface area (Å²) in [6.45, 7) is 4.03.